The number of nitriles is 1. The van der Waals surface area contributed by atoms with Crippen LogP contribution >= 0.6 is 0 Å². The van der Waals surface area contributed by atoms with Gasteiger partial charge in [-0.05, 0) is 24.5 Å². The summed E-state index contributed by atoms with van der Waals surface area (Å²) in [5, 5.41) is 22.4. The number of amides is 1. The number of ether oxygens (including phenoxy) is 1. The van der Waals surface area contributed by atoms with Crippen LogP contribution in [0.25, 0.3) is 6.08 Å². The van der Waals surface area contributed by atoms with Gasteiger partial charge in [0, 0.05) is 25.3 Å². The molecule has 22 heavy (non-hydrogen) atoms. The Balaban J connectivity index is 2.06. The molecule has 1 amide bonds. The molecular weight excluding hydrogens is 286 g/mol. The molecule has 1 fully saturated rings. The zero-order chi connectivity index (χ0) is 15.9. The van der Waals surface area contributed by atoms with Crippen LogP contribution in [0.5, 0.6) is 0 Å². The summed E-state index contributed by atoms with van der Waals surface area (Å²) in [6.45, 7) is 1.04. The predicted molar refractivity (Wildman–Crippen MR) is 78.7 cm³/mol. The number of rotatable bonds is 5. The third-order valence-electron chi connectivity index (χ3n) is 3.27. The van der Waals surface area contributed by atoms with Crippen LogP contribution < -0.4 is 5.32 Å². The van der Waals surface area contributed by atoms with Gasteiger partial charge in [0.1, 0.15) is 11.6 Å². The molecule has 7 nitrogen and oxygen atoms in total. The van der Waals surface area contributed by atoms with Crippen LogP contribution in [0, 0.1) is 21.4 Å². The minimum atomic E-state index is -0.527. The summed E-state index contributed by atoms with van der Waals surface area (Å²) in [4.78, 5) is 22.2. The first-order valence-electron chi connectivity index (χ1n) is 6.86. The van der Waals surface area contributed by atoms with Gasteiger partial charge in [0.2, 0.25) is 0 Å². The first kappa shape index (κ1) is 15.7. The fourth-order valence-electron chi connectivity index (χ4n) is 2.15. The molecule has 1 aromatic carbocycles. The summed E-state index contributed by atoms with van der Waals surface area (Å²) < 4.78 is 5.39. The molecule has 1 saturated heterocycles. The van der Waals surface area contributed by atoms with Crippen LogP contribution in [-0.2, 0) is 9.53 Å². The lowest BCUT2D eigenvalue weighted by Crippen LogP contribution is -2.32. The fraction of sp³-hybridized carbons (Fsp3) is 0.333. The van der Waals surface area contributed by atoms with Crippen LogP contribution in [0.4, 0.5) is 5.69 Å². The lowest BCUT2D eigenvalue weighted by molar-refractivity contribution is -0.384. The molecule has 1 unspecified atom stereocenters. The number of non-ortho nitro benzene ring substituents is 1. The summed E-state index contributed by atoms with van der Waals surface area (Å²) in [6.07, 6.45) is 3.17. The molecule has 7 heteroatoms. The highest BCUT2D eigenvalue weighted by Gasteiger charge is 2.17. The Kier molecular flexibility index (Phi) is 5.22. The van der Waals surface area contributed by atoms with E-state index in [9.17, 15) is 14.9 Å². The number of benzene rings is 1. The molecule has 2 rings (SSSR count). The Morgan fingerprint density at radius 3 is 3.05 bits per heavy atom. The van der Waals surface area contributed by atoms with Crippen LogP contribution in [0.2, 0.25) is 0 Å². The van der Waals surface area contributed by atoms with Crippen molar-refractivity contribution in [3.8, 4) is 6.07 Å². The lowest BCUT2D eigenvalue weighted by atomic mass is 10.1. The Morgan fingerprint density at radius 1 is 1.59 bits per heavy atom. The zero-order valence-corrected chi connectivity index (χ0v) is 11.8. The van der Waals surface area contributed by atoms with Gasteiger partial charge >= 0.3 is 0 Å². The van der Waals surface area contributed by atoms with Crippen molar-refractivity contribution >= 4 is 17.7 Å². The third-order valence-corrected chi connectivity index (χ3v) is 3.27. The molecule has 1 atom stereocenters. The molecular formula is C15H15N3O4. The van der Waals surface area contributed by atoms with Crippen molar-refractivity contribution in [1.29, 1.82) is 5.26 Å². The maximum atomic E-state index is 12.0. The number of carbonyl (C=O) groups is 1. The van der Waals surface area contributed by atoms with Gasteiger partial charge in [-0.25, -0.2) is 0 Å². The second-order valence-corrected chi connectivity index (χ2v) is 4.87. The fourth-order valence-corrected chi connectivity index (χ4v) is 2.15. The van der Waals surface area contributed by atoms with Gasteiger partial charge in [-0.2, -0.15) is 5.26 Å². The van der Waals surface area contributed by atoms with Gasteiger partial charge in [-0.3, -0.25) is 14.9 Å². The largest absolute Gasteiger partial charge is 0.376 e. The van der Waals surface area contributed by atoms with E-state index in [2.05, 4.69) is 5.32 Å². The third kappa shape index (κ3) is 4.14. The topological polar surface area (TPSA) is 105 Å². The van der Waals surface area contributed by atoms with Crippen LogP contribution in [-0.4, -0.2) is 30.1 Å². The molecule has 0 saturated carbocycles. The van der Waals surface area contributed by atoms with E-state index in [1.54, 1.807) is 6.07 Å². The van der Waals surface area contributed by atoms with Gasteiger partial charge in [0.15, 0.2) is 0 Å². The monoisotopic (exact) mass is 301 g/mol. The Labute approximate surface area is 127 Å². The predicted octanol–water partition coefficient (Wildman–Crippen LogP) is 1.80. The SMILES string of the molecule is N#C/C(=C\c1cccc([N+](=O)[O-])c1)C(=O)NCC1CCCO1. The molecule has 1 aliphatic rings. The van der Waals surface area contributed by atoms with Crippen molar-refractivity contribution in [3.63, 3.8) is 0 Å². The van der Waals surface area contributed by atoms with Gasteiger partial charge < -0.3 is 10.1 Å². The summed E-state index contributed by atoms with van der Waals surface area (Å²) in [5.41, 5.74) is 0.238. The second-order valence-electron chi connectivity index (χ2n) is 4.87. The normalized spacial score (nSPS) is 17.8. The van der Waals surface area contributed by atoms with Gasteiger partial charge in [0.25, 0.3) is 11.6 Å². The maximum Gasteiger partial charge on any atom is 0.270 e. The highest BCUT2D eigenvalue weighted by atomic mass is 16.6. The average Bonchev–Trinajstić information content (AvgIpc) is 3.04. The highest BCUT2D eigenvalue weighted by Crippen LogP contribution is 2.16. The molecule has 1 aromatic rings. The molecule has 0 aromatic heterocycles. The number of nitro groups is 1. The van der Waals surface area contributed by atoms with E-state index in [-0.39, 0.29) is 17.4 Å². The van der Waals surface area contributed by atoms with E-state index in [1.807, 2.05) is 6.07 Å². The number of nitrogens with one attached hydrogen (secondary N) is 1. The number of nitro benzene ring substituents is 1. The van der Waals surface area contributed by atoms with Crippen molar-refractivity contribution in [1.82, 2.24) is 5.32 Å². The van der Waals surface area contributed by atoms with E-state index >= 15 is 0 Å². The van der Waals surface area contributed by atoms with Crippen molar-refractivity contribution in [3.05, 3.63) is 45.5 Å². The number of nitrogens with zero attached hydrogens (tertiary/aromatic N) is 2. The second kappa shape index (κ2) is 7.33. The number of hydrogen-bond acceptors (Lipinski definition) is 5. The lowest BCUT2D eigenvalue weighted by Gasteiger charge is -2.10. The van der Waals surface area contributed by atoms with Crippen molar-refractivity contribution in [2.75, 3.05) is 13.2 Å². The van der Waals surface area contributed by atoms with Crippen molar-refractivity contribution in [2.24, 2.45) is 0 Å². The van der Waals surface area contributed by atoms with E-state index in [0.717, 1.165) is 12.8 Å². The van der Waals surface area contributed by atoms with E-state index in [4.69, 9.17) is 10.00 Å². The van der Waals surface area contributed by atoms with E-state index in [0.29, 0.717) is 18.7 Å². The molecule has 114 valence electrons. The Morgan fingerprint density at radius 2 is 2.41 bits per heavy atom. The van der Waals surface area contributed by atoms with Gasteiger partial charge in [0.05, 0.1) is 11.0 Å². The first-order chi connectivity index (χ1) is 10.6. The first-order valence-corrected chi connectivity index (χ1v) is 6.86. The maximum absolute atomic E-state index is 12.0. The minimum absolute atomic E-state index is 0.0123. The van der Waals surface area contributed by atoms with Gasteiger partial charge in [-0.1, -0.05) is 12.1 Å². The smallest absolute Gasteiger partial charge is 0.270 e. The van der Waals surface area contributed by atoms with Gasteiger partial charge in [-0.15, -0.1) is 0 Å². The quantitative estimate of drug-likeness (QED) is 0.386. The molecule has 1 aliphatic heterocycles. The molecule has 0 spiro atoms. The Hall–Kier alpha value is -2.72. The zero-order valence-electron chi connectivity index (χ0n) is 11.8. The van der Waals surface area contributed by atoms with Crippen LogP contribution in [0.15, 0.2) is 29.8 Å². The minimum Gasteiger partial charge on any atom is -0.376 e. The summed E-state index contributed by atoms with van der Waals surface area (Å²) in [7, 11) is 0. The summed E-state index contributed by atoms with van der Waals surface area (Å²) in [5.74, 6) is -0.510. The highest BCUT2D eigenvalue weighted by molar-refractivity contribution is 6.01. The summed E-state index contributed by atoms with van der Waals surface area (Å²) in [6, 6.07) is 7.57. The van der Waals surface area contributed by atoms with Crippen LogP contribution in [0.3, 0.4) is 0 Å². The summed E-state index contributed by atoms with van der Waals surface area (Å²) >= 11 is 0. The molecule has 1 heterocycles. The number of carbonyl (C=O) groups excluding carboxylic acids is 1. The molecule has 1 N–H and O–H groups in total. The van der Waals surface area contributed by atoms with Crippen LogP contribution in [0.1, 0.15) is 18.4 Å². The van der Waals surface area contributed by atoms with Crippen molar-refractivity contribution in [2.45, 2.75) is 18.9 Å². The molecule has 0 aliphatic carbocycles. The van der Waals surface area contributed by atoms with Crippen molar-refractivity contribution < 1.29 is 14.5 Å². The molecule has 0 radical (unpaired) electrons. The average molecular weight is 301 g/mol. The van der Waals surface area contributed by atoms with E-state index in [1.165, 1.54) is 24.3 Å². The number of hydrogen-bond donors (Lipinski definition) is 1. The standard InChI is InChI=1S/C15H15N3O4/c16-9-12(15(19)17-10-14-5-2-6-22-14)7-11-3-1-4-13(8-11)18(20)21/h1,3-4,7-8,14H,2,5-6,10H2,(H,17,19)/b12-7+. The molecule has 0 bridgehead atoms. The Bertz CT molecular complexity index is 642. The van der Waals surface area contributed by atoms with E-state index < -0.39 is 10.8 Å².